The van der Waals surface area contributed by atoms with Crippen LogP contribution in [-0.4, -0.2) is 56.4 Å². The third-order valence-electron chi connectivity index (χ3n) is 5.32. The van der Waals surface area contributed by atoms with E-state index in [2.05, 4.69) is 44.8 Å². The molecular weight excluding hydrogens is 507 g/mol. The molecule has 1 heterocycles. The van der Waals surface area contributed by atoms with E-state index in [4.69, 9.17) is 9.47 Å². The number of hydrogen-bond donors (Lipinski definition) is 3. The van der Waals surface area contributed by atoms with Gasteiger partial charge in [-0.2, -0.15) is 0 Å². The fourth-order valence-corrected chi connectivity index (χ4v) is 3.51. The highest BCUT2D eigenvalue weighted by atomic mass is 127. The number of aliphatic hydroxyl groups is 1. The SMILES string of the molecule is CN=C(NCc1ccc(CN2CCC(O)CC2)cc1)Nc1ccc(OC)c(OC)c1.I. The lowest BCUT2D eigenvalue weighted by Crippen LogP contribution is -2.35. The summed E-state index contributed by atoms with van der Waals surface area (Å²) in [4.78, 5) is 6.69. The molecule has 0 aromatic heterocycles. The molecule has 0 radical (unpaired) electrons. The van der Waals surface area contributed by atoms with Crippen molar-refractivity contribution in [1.82, 2.24) is 10.2 Å². The minimum absolute atomic E-state index is 0. The van der Waals surface area contributed by atoms with E-state index in [-0.39, 0.29) is 30.1 Å². The average molecular weight is 540 g/mol. The summed E-state index contributed by atoms with van der Waals surface area (Å²) in [6, 6.07) is 14.3. The van der Waals surface area contributed by atoms with Gasteiger partial charge in [-0.25, -0.2) is 0 Å². The van der Waals surface area contributed by atoms with Gasteiger partial charge in [0.05, 0.1) is 20.3 Å². The number of rotatable bonds is 7. The Labute approximate surface area is 201 Å². The Balaban J connectivity index is 0.00000341. The highest BCUT2D eigenvalue weighted by Crippen LogP contribution is 2.29. The molecule has 0 aliphatic carbocycles. The molecule has 31 heavy (non-hydrogen) atoms. The molecule has 0 spiro atoms. The Morgan fingerprint density at radius 3 is 2.29 bits per heavy atom. The molecule has 170 valence electrons. The molecular formula is C23H33IN4O3. The molecule has 1 aliphatic rings. The Kier molecular flexibility index (Phi) is 10.4. The molecule has 1 saturated heterocycles. The number of guanidine groups is 1. The van der Waals surface area contributed by atoms with Crippen LogP contribution in [0.1, 0.15) is 24.0 Å². The maximum Gasteiger partial charge on any atom is 0.195 e. The number of hydrogen-bond acceptors (Lipinski definition) is 5. The van der Waals surface area contributed by atoms with Gasteiger partial charge in [-0.15, -0.1) is 24.0 Å². The van der Waals surface area contributed by atoms with Crippen LogP contribution < -0.4 is 20.1 Å². The molecule has 1 fully saturated rings. The summed E-state index contributed by atoms with van der Waals surface area (Å²) >= 11 is 0. The molecule has 2 aromatic rings. The van der Waals surface area contributed by atoms with E-state index < -0.39 is 0 Å². The normalized spacial score (nSPS) is 15.2. The first kappa shape index (κ1) is 25.2. The Hall–Kier alpha value is -2.04. The maximum absolute atomic E-state index is 9.64. The van der Waals surface area contributed by atoms with Crippen LogP contribution in [0.15, 0.2) is 47.5 Å². The number of nitrogens with zero attached hydrogens (tertiary/aromatic N) is 2. The van der Waals surface area contributed by atoms with Gasteiger partial charge in [0.1, 0.15) is 0 Å². The van der Waals surface area contributed by atoms with E-state index >= 15 is 0 Å². The summed E-state index contributed by atoms with van der Waals surface area (Å²) < 4.78 is 10.6. The lowest BCUT2D eigenvalue weighted by atomic mass is 10.1. The van der Waals surface area contributed by atoms with Crippen molar-refractivity contribution in [3.05, 3.63) is 53.6 Å². The molecule has 1 aliphatic heterocycles. The van der Waals surface area contributed by atoms with Gasteiger partial charge in [0.2, 0.25) is 0 Å². The van der Waals surface area contributed by atoms with Crippen molar-refractivity contribution >= 4 is 35.6 Å². The van der Waals surface area contributed by atoms with Gasteiger partial charge in [-0.1, -0.05) is 24.3 Å². The van der Waals surface area contributed by atoms with Gasteiger partial charge in [-0.05, 0) is 36.1 Å². The van der Waals surface area contributed by atoms with Gasteiger partial charge in [0, 0.05) is 45.0 Å². The quantitative estimate of drug-likeness (QED) is 0.284. The number of methoxy groups -OCH3 is 2. The number of aliphatic hydroxyl groups excluding tert-OH is 1. The highest BCUT2D eigenvalue weighted by molar-refractivity contribution is 14.0. The number of piperidine rings is 1. The predicted octanol–water partition coefficient (Wildman–Crippen LogP) is 3.47. The number of halogens is 1. The molecule has 3 rings (SSSR count). The highest BCUT2D eigenvalue weighted by Gasteiger charge is 2.16. The summed E-state index contributed by atoms with van der Waals surface area (Å²) in [6.45, 7) is 3.53. The lowest BCUT2D eigenvalue weighted by molar-refractivity contribution is 0.0792. The van der Waals surface area contributed by atoms with Crippen LogP contribution in [-0.2, 0) is 13.1 Å². The minimum Gasteiger partial charge on any atom is -0.493 e. The van der Waals surface area contributed by atoms with E-state index in [0.29, 0.717) is 24.0 Å². The zero-order chi connectivity index (χ0) is 21.3. The third-order valence-corrected chi connectivity index (χ3v) is 5.32. The topological polar surface area (TPSA) is 78.4 Å². The van der Waals surface area contributed by atoms with Crippen LogP contribution in [0.5, 0.6) is 11.5 Å². The third kappa shape index (κ3) is 7.55. The number of aliphatic imine (C=N–C) groups is 1. The number of benzene rings is 2. The molecule has 0 atom stereocenters. The van der Waals surface area contributed by atoms with Crippen molar-refractivity contribution in [2.75, 3.05) is 39.7 Å². The average Bonchev–Trinajstić information content (AvgIpc) is 2.79. The van der Waals surface area contributed by atoms with E-state index in [1.54, 1.807) is 21.3 Å². The second-order valence-electron chi connectivity index (χ2n) is 7.44. The number of ether oxygens (including phenoxy) is 2. The largest absolute Gasteiger partial charge is 0.493 e. The van der Waals surface area contributed by atoms with Crippen LogP contribution in [0.25, 0.3) is 0 Å². The van der Waals surface area contributed by atoms with Crippen molar-refractivity contribution in [3.63, 3.8) is 0 Å². The Morgan fingerprint density at radius 2 is 1.68 bits per heavy atom. The van der Waals surface area contributed by atoms with E-state index in [9.17, 15) is 5.11 Å². The molecule has 0 unspecified atom stereocenters. The summed E-state index contributed by atoms with van der Waals surface area (Å²) in [6.07, 6.45) is 1.61. The van der Waals surface area contributed by atoms with Gasteiger partial charge < -0.3 is 25.2 Å². The van der Waals surface area contributed by atoms with Gasteiger partial charge in [0.15, 0.2) is 17.5 Å². The summed E-state index contributed by atoms with van der Waals surface area (Å²) in [5.41, 5.74) is 3.34. The van der Waals surface area contributed by atoms with Crippen LogP contribution >= 0.6 is 24.0 Å². The number of anilines is 1. The predicted molar refractivity (Wildman–Crippen MR) is 136 cm³/mol. The molecule has 8 heteroatoms. The van der Waals surface area contributed by atoms with Crippen LogP contribution in [0, 0.1) is 0 Å². The van der Waals surface area contributed by atoms with E-state index in [0.717, 1.165) is 38.2 Å². The van der Waals surface area contributed by atoms with Crippen LogP contribution in [0.4, 0.5) is 5.69 Å². The van der Waals surface area contributed by atoms with Gasteiger partial charge in [0.25, 0.3) is 0 Å². The van der Waals surface area contributed by atoms with Crippen molar-refractivity contribution < 1.29 is 14.6 Å². The van der Waals surface area contributed by atoms with Crippen molar-refractivity contribution in [3.8, 4) is 11.5 Å². The zero-order valence-corrected chi connectivity index (χ0v) is 20.8. The summed E-state index contributed by atoms with van der Waals surface area (Å²) in [5, 5.41) is 16.2. The zero-order valence-electron chi connectivity index (χ0n) is 18.4. The van der Waals surface area contributed by atoms with Crippen molar-refractivity contribution in [1.29, 1.82) is 0 Å². The van der Waals surface area contributed by atoms with Crippen LogP contribution in [0.3, 0.4) is 0 Å². The first-order valence-electron chi connectivity index (χ1n) is 10.3. The summed E-state index contributed by atoms with van der Waals surface area (Å²) in [7, 11) is 4.98. The Morgan fingerprint density at radius 1 is 1.03 bits per heavy atom. The molecule has 0 saturated carbocycles. The first-order chi connectivity index (χ1) is 14.6. The molecule has 0 amide bonds. The monoisotopic (exact) mass is 540 g/mol. The minimum atomic E-state index is -0.128. The standard InChI is InChI=1S/C23H32N4O3.HI/c1-24-23(26-19-8-9-21(29-2)22(14-19)30-3)25-15-17-4-6-18(7-5-17)16-27-12-10-20(28)11-13-27;/h4-9,14,20,28H,10-13,15-16H2,1-3H3,(H2,24,25,26);1H. The molecule has 7 nitrogen and oxygen atoms in total. The second kappa shape index (κ2) is 12.7. The fraction of sp³-hybridized carbons (Fsp3) is 0.435. The molecule has 2 aromatic carbocycles. The number of nitrogens with one attached hydrogen (secondary N) is 2. The van der Waals surface area contributed by atoms with Gasteiger partial charge in [-0.3, -0.25) is 9.89 Å². The lowest BCUT2D eigenvalue weighted by Gasteiger charge is -2.29. The van der Waals surface area contributed by atoms with Crippen molar-refractivity contribution in [2.24, 2.45) is 4.99 Å². The second-order valence-corrected chi connectivity index (χ2v) is 7.44. The molecule has 0 bridgehead atoms. The smallest absolute Gasteiger partial charge is 0.195 e. The maximum atomic E-state index is 9.64. The fourth-order valence-electron chi connectivity index (χ4n) is 3.51. The first-order valence-corrected chi connectivity index (χ1v) is 10.3. The van der Waals surface area contributed by atoms with E-state index in [1.165, 1.54) is 11.1 Å². The van der Waals surface area contributed by atoms with Crippen LogP contribution in [0.2, 0.25) is 0 Å². The summed E-state index contributed by atoms with van der Waals surface area (Å²) in [5.74, 6) is 2.03. The number of likely N-dealkylation sites (tertiary alicyclic amines) is 1. The van der Waals surface area contributed by atoms with Gasteiger partial charge >= 0.3 is 0 Å². The molecule has 3 N–H and O–H groups in total. The van der Waals surface area contributed by atoms with Crippen molar-refractivity contribution in [2.45, 2.75) is 32.0 Å². The Bertz CT molecular complexity index is 837. The van der Waals surface area contributed by atoms with E-state index in [1.807, 2.05) is 18.2 Å².